The number of alkyl halides is 2. The summed E-state index contributed by atoms with van der Waals surface area (Å²) in [5.74, 6) is -3.16. The second-order valence-corrected chi connectivity index (χ2v) is 6.59. The molecular weight excluding hydrogens is 453 g/mol. The van der Waals surface area contributed by atoms with Crippen molar-refractivity contribution in [1.29, 1.82) is 0 Å². The molecule has 0 fully saturated rings. The number of nitro benzene ring substituents is 1. The van der Waals surface area contributed by atoms with Gasteiger partial charge in [0.2, 0.25) is 5.75 Å². The van der Waals surface area contributed by atoms with Gasteiger partial charge in [0.25, 0.3) is 0 Å². The van der Waals surface area contributed by atoms with Crippen molar-refractivity contribution in [3.8, 4) is 22.9 Å². The molecule has 1 heterocycles. The van der Waals surface area contributed by atoms with Gasteiger partial charge in [-0.05, 0) is 38.1 Å². The second-order valence-electron chi connectivity index (χ2n) is 6.59. The van der Waals surface area contributed by atoms with Crippen LogP contribution >= 0.6 is 0 Å². The van der Waals surface area contributed by atoms with E-state index < -0.39 is 58.0 Å². The minimum Gasteiger partial charge on any atom is -0.479 e. The van der Waals surface area contributed by atoms with Crippen molar-refractivity contribution in [3.05, 3.63) is 68.6 Å². The maximum atomic E-state index is 14.6. The molecule has 0 saturated carbocycles. The SMILES string of the molecule is Cc1nn(-c2cc(Oc3ccc(OC(C)C(=O)O)cc3)c([N+](=O)[O-])cc2F)c(=O)n1C(F)F. The monoisotopic (exact) mass is 468 g/mol. The highest BCUT2D eigenvalue weighted by atomic mass is 19.3. The Morgan fingerprint density at radius 3 is 2.33 bits per heavy atom. The molecule has 1 unspecified atom stereocenters. The van der Waals surface area contributed by atoms with Crippen LogP contribution in [0.3, 0.4) is 0 Å². The standard InChI is InChI=1S/C19H15F3N4O7/c1-9(17(27)28)32-11-3-5-12(6-4-11)33-16-8-14(13(20)7-15(16)26(30)31)25-19(29)24(18(21)22)10(2)23-25/h3-9,18H,1-2H3,(H,27,28). The molecule has 11 nitrogen and oxygen atoms in total. The zero-order chi connectivity index (χ0) is 24.4. The Balaban J connectivity index is 2.00. The third-order valence-corrected chi connectivity index (χ3v) is 4.34. The lowest BCUT2D eigenvalue weighted by Gasteiger charge is -2.12. The Hall–Kier alpha value is -4.36. The quantitative estimate of drug-likeness (QED) is 0.392. The van der Waals surface area contributed by atoms with Crippen LogP contribution in [0.5, 0.6) is 17.2 Å². The fourth-order valence-corrected chi connectivity index (χ4v) is 2.74. The molecule has 1 aromatic heterocycles. The van der Waals surface area contributed by atoms with Crippen LogP contribution in [-0.4, -0.2) is 36.5 Å². The number of rotatable bonds is 8. The first-order valence-electron chi connectivity index (χ1n) is 9.11. The normalized spacial score (nSPS) is 11.9. The number of hydrogen-bond donors (Lipinski definition) is 1. The molecule has 0 aliphatic heterocycles. The van der Waals surface area contributed by atoms with Crippen molar-refractivity contribution in [2.75, 3.05) is 0 Å². The maximum absolute atomic E-state index is 14.6. The number of nitrogens with zero attached hydrogens (tertiary/aromatic N) is 4. The number of hydrogen-bond acceptors (Lipinski definition) is 7. The van der Waals surface area contributed by atoms with E-state index in [-0.39, 0.29) is 16.1 Å². The second kappa shape index (κ2) is 9.02. The molecule has 0 spiro atoms. The molecule has 1 N–H and O–H groups in total. The predicted molar refractivity (Wildman–Crippen MR) is 105 cm³/mol. The van der Waals surface area contributed by atoms with Crippen molar-refractivity contribution >= 4 is 11.7 Å². The number of ether oxygens (including phenoxy) is 2. The van der Waals surface area contributed by atoms with Gasteiger partial charge in [-0.25, -0.2) is 18.5 Å². The maximum Gasteiger partial charge on any atom is 0.355 e. The van der Waals surface area contributed by atoms with Crippen molar-refractivity contribution in [2.45, 2.75) is 26.5 Å². The van der Waals surface area contributed by atoms with Crippen LogP contribution in [0.25, 0.3) is 5.69 Å². The summed E-state index contributed by atoms with van der Waals surface area (Å²) in [6, 6.07) is 6.54. The number of nitro groups is 1. The van der Waals surface area contributed by atoms with Crippen LogP contribution in [-0.2, 0) is 4.79 Å². The average Bonchev–Trinajstić information content (AvgIpc) is 3.04. The molecule has 2 aromatic carbocycles. The molecule has 0 saturated heterocycles. The van der Waals surface area contributed by atoms with Crippen molar-refractivity contribution in [2.24, 2.45) is 0 Å². The van der Waals surface area contributed by atoms with E-state index in [1.54, 1.807) is 0 Å². The molecule has 3 aromatic rings. The van der Waals surface area contributed by atoms with Crippen LogP contribution in [0.1, 0.15) is 19.3 Å². The van der Waals surface area contributed by atoms with E-state index in [0.29, 0.717) is 10.7 Å². The Morgan fingerprint density at radius 1 is 1.21 bits per heavy atom. The van der Waals surface area contributed by atoms with Crippen molar-refractivity contribution in [1.82, 2.24) is 14.3 Å². The van der Waals surface area contributed by atoms with Crippen LogP contribution < -0.4 is 15.2 Å². The number of carboxylic acid groups (broad SMARTS) is 1. The Kier molecular flexibility index (Phi) is 6.37. The van der Waals surface area contributed by atoms with Crippen LogP contribution in [0.4, 0.5) is 18.9 Å². The molecule has 3 rings (SSSR count). The number of aliphatic carboxylic acids is 1. The van der Waals surface area contributed by atoms with Gasteiger partial charge in [0.05, 0.1) is 11.0 Å². The van der Waals surface area contributed by atoms with Crippen LogP contribution in [0, 0.1) is 22.9 Å². The van der Waals surface area contributed by atoms with E-state index in [1.807, 2.05) is 0 Å². The van der Waals surface area contributed by atoms with Crippen molar-refractivity contribution in [3.63, 3.8) is 0 Å². The highest BCUT2D eigenvalue weighted by Crippen LogP contribution is 2.35. The molecular formula is C19H15F3N4O7. The molecule has 0 radical (unpaired) electrons. The van der Waals surface area contributed by atoms with Gasteiger partial charge >= 0.3 is 23.9 Å². The number of benzene rings is 2. The summed E-state index contributed by atoms with van der Waals surface area (Å²) in [5.41, 5.74) is -2.79. The van der Waals surface area contributed by atoms with Crippen LogP contribution in [0.2, 0.25) is 0 Å². The largest absolute Gasteiger partial charge is 0.479 e. The summed E-state index contributed by atoms with van der Waals surface area (Å²) in [6.45, 7) is -0.804. The third-order valence-electron chi connectivity index (χ3n) is 4.34. The highest BCUT2D eigenvalue weighted by molar-refractivity contribution is 5.72. The number of aryl methyl sites for hydroxylation is 1. The fourth-order valence-electron chi connectivity index (χ4n) is 2.74. The summed E-state index contributed by atoms with van der Waals surface area (Å²) in [7, 11) is 0. The molecule has 14 heteroatoms. The summed E-state index contributed by atoms with van der Waals surface area (Å²) < 4.78 is 51.7. The lowest BCUT2D eigenvalue weighted by atomic mass is 10.2. The van der Waals surface area contributed by atoms with Crippen molar-refractivity contribution < 1.29 is 37.5 Å². The molecule has 0 aliphatic carbocycles. The lowest BCUT2D eigenvalue weighted by molar-refractivity contribution is -0.385. The van der Waals surface area contributed by atoms with E-state index in [4.69, 9.17) is 14.6 Å². The highest BCUT2D eigenvalue weighted by Gasteiger charge is 2.25. The van der Waals surface area contributed by atoms with E-state index in [0.717, 1.165) is 13.0 Å². The molecule has 33 heavy (non-hydrogen) atoms. The summed E-state index contributed by atoms with van der Waals surface area (Å²) in [4.78, 5) is 33.5. The first kappa shape index (κ1) is 23.3. The minimum absolute atomic E-state index is 0.0209. The zero-order valence-electron chi connectivity index (χ0n) is 16.9. The molecule has 0 bridgehead atoms. The number of aromatic nitrogens is 3. The van der Waals surface area contributed by atoms with Gasteiger partial charge in [0.15, 0.2) is 11.9 Å². The predicted octanol–water partition coefficient (Wildman–Crippen LogP) is 3.43. The molecule has 1 atom stereocenters. The van der Waals surface area contributed by atoms with E-state index in [1.165, 1.54) is 31.2 Å². The number of carboxylic acids is 1. The molecule has 0 aliphatic rings. The minimum atomic E-state index is -3.23. The van der Waals surface area contributed by atoms with Gasteiger partial charge in [-0.15, -0.1) is 5.10 Å². The summed E-state index contributed by atoms with van der Waals surface area (Å²) in [5, 5.41) is 23.8. The van der Waals surface area contributed by atoms with Gasteiger partial charge in [0, 0.05) is 6.07 Å². The first-order chi connectivity index (χ1) is 15.5. The Bertz CT molecular complexity index is 1270. The van der Waals surface area contributed by atoms with Gasteiger partial charge in [-0.2, -0.15) is 13.5 Å². The lowest BCUT2D eigenvalue weighted by Crippen LogP contribution is -2.25. The van der Waals surface area contributed by atoms with Gasteiger partial charge in [-0.1, -0.05) is 0 Å². The van der Waals surface area contributed by atoms with E-state index in [9.17, 15) is 32.9 Å². The van der Waals surface area contributed by atoms with Gasteiger partial charge in [0.1, 0.15) is 23.0 Å². The fraction of sp³-hybridized carbons (Fsp3) is 0.211. The topological polar surface area (TPSA) is 139 Å². The van der Waals surface area contributed by atoms with Gasteiger partial charge < -0.3 is 14.6 Å². The zero-order valence-corrected chi connectivity index (χ0v) is 16.9. The average molecular weight is 468 g/mol. The van der Waals surface area contributed by atoms with E-state index >= 15 is 0 Å². The van der Waals surface area contributed by atoms with E-state index in [2.05, 4.69) is 5.10 Å². The first-order valence-corrected chi connectivity index (χ1v) is 9.11. The van der Waals surface area contributed by atoms with Gasteiger partial charge in [-0.3, -0.25) is 10.1 Å². The Labute approximate surface area is 182 Å². The third kappa shape index (κ3) is 4.78. The summed E-state index contributed by atoms with van der Waals surface area (Å²) in [6.07, 6.45) is -1.13. The molecule has 0 amide bonds. The number of carbonyl (C=O) groups is 1. The van der Waals surface area contributed by atoms with Crippen LogP contribution in [0.15, 0.2) is 41.2 Å². The molecule has 174 valence electrons. The summed E-state index contributed by atoms with van der Waals surface area (Å²) >= 11 is 0. The smallest absolute Gasteiger partial charge is 0.355 e. The number of halogens is 3. The Morgan fingerprint density at radius 2 is 1.82 bits per heavy atom.